The van der Waals surface area contributed by atoms with Crippen LogP contribution in [0.15, 0.2) is 35.2 Å². The first-order chi connectivity index (χ1) is 10.4. The summed E-state index contributed by atoms with van der Waals surface area (Å²) >= 11 is 1.50. The van der Waals surface area contributed by atoms with Gasteiger partial charge in [0, 0.05) is 19.0 Å². The predicted octanol–water partition coefficient (Wildman–Crippen LogP) is 2.57. The average Bonchev–Trinajstić information content (AvgIpc) is 2.96. The molecule has 0 unspecified atom stereocenters. The number of hydrogen-bond donors (Lipinski definition) is 1. The molecule has 6 heteroatoms. The highest BCUT2D eigenvalue weighted by molar-refractivity contribution is 7.07. The number of nitrogens with zero attached hydrogens (tertiary/aromatic N) is 2. The molecule has 0 aliphatic rings. The maximum atomic E-state index is 12.5. The Hall–Kier alpha value is -1.92. The van der Waals surface area contributed by atoms with Gasteiger partial charge in [0.05, 0.1) is 22.4 Å². The van der Waals surface area contributed by atoms with Crippen LogP contribution in [-0.2, 0) is 6.61 Å². The summed E-state index contributed by atoms with van der Waals surface area (Å²) in [5, 5.41) is 11.8. The van der Waals surface area contributed by atoms with Crippen LogP contribution in [-0.4, -0.2) is 40.1 Å². The molecule has 2 rings (SSSR count). The number of benzene rings is 1. The molecule has 0 saturated carbocycles. The molecule has 1 amide bonds. The molecule has 1 aromatic carbocycles. The van der Waals surface area contributed by atoms with Crippen LogP contribution < -0.4 is 4.74 Å². The van der Waals surface area contributed by atoms with Gasteiger partial charge in [-0.15, -0.1) is 11.3 Å². The van der Waals surface area contributed by atoms with Gasteiger partial charge in [0.1, 0.15) is 12.4 Å². The van der Waals surface area contributed by atoms with Crippen LogP contribution in [0, 0.1) is 0 Å². The van der Waals surface area contributed by atoms with Crippen molar-refractivity contribution >= 4 is 17.2 Å². The molecular weight excluding hydrogens is 300 g/mol. The minimum Gasteiger partial charge on any atom is -0.486 e. The van der Waals surface area contributed by atoms with E-state index in [-0.39, 0.29) is 12.5 Å². The van der Waals surface area contributed by atoms with Crippen LogP contribution in [0.1, 0.15) is 29.9 Å². The summed E-state index contributed by atoms with van der Waals surface area (Å²) in [4.78, 5) is 18.2. The van der Waals surface area contributed by atoms with Crippen molar-refractivity contribution in [2.45, 2.75) is 26.1 Å². The largest absolute Gasteiger partial charge is 0.486 e. The fourth-order valence-corrected chi connectivity index (χ4v) is 2.63. The molecule has 0 aliphatic carbocycles. The highest BCUT2D eigenvalue weighted by Crippen LogP contribution is 2.21. The Kier molecular flexibility index (Phi) is 5.15. The van der Waals surface area contributed by atoms with Gasteiger partial charge < -0.3 is 14.7 Å². The zero-order valence-corrected chi connectivity index (χ0v) is 13.8. The Morgan fingerprint density at radius 2 is 2.14 bits per heavy atom. The highest BCUT2D eigenvalue weighted by atomic mass is 32.1. The van der Waals surface area contributed by atoms with Gasteiger partial charge >= 0.3 is 0 Å². The molecule has 5 nitrogen and oxygen atoms in total. The van der Waals surface area contributed by atoms with E-state index in [9.17, 15) is 9.90 Å². The Labute approximate surface area is 134 Å². The van der Waals surface area contributed by atoms with E-state index in [4.69, 9.17) is 4.74 Å². The van der Waals surface area contributed by atoms with Gasteiger partial charge in [-0.3, -0.25) is 4.79 Å². The minimum atomic E-state index is -0.944. The van der Waals surface area contributed by atoms with Crippen molar-refractivity contribution < 1.29 is 14.6 Å². The van der Waals surface area contributed by atoms with Crippen molar-refractivity contribution in [2.75, 3.05) is 13.6 Å². The van der Waals surface area contributed by atoms with Crippen LogP contribution in [0.4, 0.5) is 0 Å². The van der Waals surface area contributed by atoms with E-state index < -0.39 is 5.60 Å². The zero-order valence-electron chi connectivity index (χ0n) is 12.9. The van der Waals surface area contributed by atoms with Crippen molar-refractivity contribution in [3.8, 4) is 5.75 Å². The number of ether oxygens (including phenoxy) is 1. The van der Waals surface area contributed by atoms with Crippen LogP contribution in [0.25, 0.3) is 0 Å². The third kappa shape index (κ3) is 4.54. The van der Waals surface area contributed by atoms with Gasteiger partial charge in [-0.25, -0.2) is 4.98 Å². The van der Waals surface area contributed by atoms with Gasteiger partial charge in [-0.05, 0) is 26.0 Å². The molecule has 0 spiro atoms. The first-order valence-corrected chi connectivity index (χ1v) is 7.88. The molecule has 0 atom stereocenters. The molecule has 1 heterocycles. The molecule has 0 bridgehead atoms. The summed E-state index contributed by atoms with van der Waals surface area (Å²) in [6.07, 6.45) is 0. The summed E-state index contributed by atoms with van der Waals surface area (Å²) in [5.41, 5.74) is 2.11. The number of aliphatic hydroxyl groups is 1. The second-order valence-electron chi connectivity index (χ2n) is 5.74. The smallest absolute Gasteiger partial charge is 0.257 e. The summed E-state index contributed by atoms with van der Waals surface area (Å²) in [7, 11) is 1.66. The maximum absolute atomic E-state index is 12.5. The monoisotopic (exact) mass is 320 g/mol. The molecule has 1 aromatic heterocycles. The highest BCUT2D eigenvalue weighted by Gasteiger charge is 2.22. The van der Waals surface area contributed by atoms with Gasteiger partial charge in [-0.1, -0.05) is 12.1 Å². The number of aromatic nitrogens is 1. The molecule has 118 valence electrons. The van der Waals surface area contributed by atoms with E-state index >= 15 is 0 Å². The van der Waals surface area contributed by atoms with Crippen molar-refractivity contribution in [3.63, 3.8) is 0 Å². The lowest BCUT2D eigenvalue weighted by molar-refractivity contribution is 0.0365. The van der Waals surface area contributed by atoms with Gasteiger partial charge in [0.25, 0.3) is 5.91 Å². The van der Waals surface area contributed by atoms with Gasteiger partial charge in [0.15, 0.2) is 0 Å². The van der Waals surface area contributed by atoms with E-state index in [0.717, 1.165) is 5.69 Å². The van der Waals surface area contributed by atoms with Crippen molar-refractivity contribution in [1.82, 2.24) is 9.88 Å². The molecular formula is C16H20N2O3S. The van der Waals surface area contributed by atoms with Gasteiger partial charge in [-0.2, -0.15) is 0 Å². The number of likely N-dealkylation sites (N-methyl/N-ethyl adjacent to an activating group) is 1. The SMILES string of the molecule is CN(CC(C)(C)O)C(=O)c1ccccc1OCc1cscn1. The number of carbonyl (C=O) groups excluding carboxylic acids is 1. The van der Waals surface area contributed by atoms with Crippen molar-refractivity contribution in [1.29, 1.82) is 0 Å². The standard InChI is InChI=1S/C16H20N2O3S/c1-16(2,20)10-18(3)15(19)13-6-4-5-7-14(13)21-8-12-9-22-11-17-12/h4-7,9,11,20H,8,10H2,1-3H3. The molecule has 0 fully saturated rings. The number of carbonyl (C=O) groups is 1. The quantitative estimate of drug-likeness (QED) is 0.888. The molecule has 0 aliphatic heterocycles. The Morgan fingerprint density at radius 1 is 1.41 bits per heavy atom. The normalized spacial score (nSPS) is 11.3. The predicted molar refractivity (Wildman–Crippen MR) is 86.1 cm³/mol. The first kappa shape index (κ1) is 16.5. The number of hydrogen-bond acceptors (Lipinski definition) is 5. The maximum Gasteiger partial charge on any atom is 0.257 e. The second kappa shape index (κ2) is 6.89. The molecule has 0 radical (unpaired) electrons. The summed E-state index contributed by atoms with van der Waals surface area (Å²) in [6, 6.07) is 7.10. The van der Waals surface area contributed by atoms with Crippen molar-refractivity contribution in [2.24, 2.45) is 0 Å². The van der Waals surface area contributed by atoms with Crippen molar-refractivity contribution in [3.05, 3.63) is 46.4 Å². The Morgan fingerprint density at radius 3 is 2.77 bits per heavy atom. The number of amides is 1. The number of rotatable bonds is 6. The lowest BCUT2D eigenvalue weighted by Gasteiger charge is -2.26. The molecule has 0 saturated heterocycles. The van der Waals surface area contributed by atoms with E-state index in [1.165, 1.54) is 16.2 Å². The molecule has 1 N–H and O–H groups in total. The van der Waals surface area contributed by atoms with Gasteiger partial charge in [0.2, 0.25) is 0 Å². The van der Waals surface area contributed by atoms with Crippen LogP contribution in [0.3, 0.4) is 0 Å². The lowest BCUT2D eigenvalue weighted by Crippen LogP contribution is -2.39. The summed E-state index contributed by atoms with van der Waals surface area (Å²) in [5.74, 6) is 0.332. The molecule has 2 aromatic rings. The third-order valence-corrected chi connectivity index (χ3v) is 3.58. The third-order valence-electron chi connectivity index (χ3n) is 2.95. The summed E-state index contributed by atoms with van der Waals surface area (Å²) in [6.45, 7) is 3.90. The first-order valence-electron chi connectivity index (χ1n) is 6.93. The topological polar surface area (TPSA) is 62.7 Å². The van der Waals surface area contributed by atoms with Crippen LogP contribution in [0.2, 0.25) is 0 Å². The lowest BCUT2D eigenvalue weighted by atomic mass is 10.1. The second-order valence-corrected chi connectivity index (χ2v) is 6.46. The number of para-hydroxylation sites is 1. The van der Waals surface area contributed by atoms with E-state index in [1.807, 2.05) is 11.4 Å². The van der Waals surface area contributed by atoms with E-state index in [1.54, 1.807) is 44.6 Å². The fraction of sp³-hybridized carbons (Fsp3) is 0.375. The summed E-state index contributed by atoms with van der Waals surface area (Å²) < 4.78 is 5.72. The van der Waals surface area contributed by atoms with Crippen LogP contribution in [0.5, 0.6) is 5.75 Å². The van der Waals surface area contributed by atoms with Crippen LogP contribution >= 0.6 is 11.3 Å². The minimum absolute atomic E-state index is 0.184. The average molecular weight is 320 g/mol. The molecule has 22 heavy (non-hydrogen) atoms. The fourth-order valence-electron chi connectivity index (χ4n) is 2.09. The zero-order chi connectivity index (χ0) is 16.2. The Balaban J connectivity index is 2.11. The Bertz CT molecular complexity index is 621. The number of thiazole rings is 1. The van der Waals surface area contributed by atoms with E-state index in [0.29, 0.717) is 17.9 Å². The van der Waals surface area contributed by atoms with E-state index in [2.05, 4.69) is 4.98 Å².